The summed E-state index contributed by atoms with van der Waals surface area (Å²) >= 11 is 5.58. The van der Waals surface area contributed by atoms with Crippen molar-refractivity contribution >= 4 is 23.2 Å². The minimum atomic E-state index is -0.0312. The maximum Gasteiger partial charge on any atom is 0.241 e. The highest BCUT2D eigenvalue weighted by Gasteiger charge is 2.12. The summed E-state index contributed by atoms with van der Waals surface area (Å²) in [5, 5.41) is 0. The van der Waals surface area contributed by atoms with Crippen LogP contribution in [0.5, 0.6) is 0 Å². The Kier molecular flexibility index (Phi) is 5.19. The Balaban J connectivity index is 2.76. The fourth-order valence-electron chi connectivity index (χ4n) is 1.39. The van der Waals surface area contributed by atoms with Crippen molar-refractivity contribution in [1.29, 1.82) is 0 Å². The molecule has 0 saturated heterocycles. The van der Waals surface area contributed by atoms with Gasteiger partial charge in [-0.25, -0.2) is 0 Å². The molecule has 1 rings (SSSR count). The Morgan fingerprint density at radius 2 is 2.00 bits per heavy atom. The van der Waals surface area contributed by atoms with Crippen LogP contribution in [0.3, 0.4) is 0 Å². The number of nitrogens with zero attached hydrogens (tertiary/aromatic N) is 1. The number of unbranched alkanes of at least 4 members (excludes halogenated alkanes) is 1. The summed E-state index contributed by atoms with van der Waals surface area (Å²) in [5.41, 5.74) is 0.927. The van der Waals surface area contributed by atoms with Gasteiger partial charge in [0.05, 0.1) is 0 Å². The van der Waals surface area contributed by atoms with E-state index in [1.54, 1.807) is 4.90 Å². The molecule has 0 heterocycles. The minimum Gasteiger partial charge on any atom is -0.311 e. The maximum atomic E-state index is 11.6. The number of hydrogen-bond acceptors (Lipinski definition) is 1. The molecular weight excluding hydrogens is 210 g/mol. The van der Waals surface area contributed by atoms with Crippen LogP contribution in [0.4, 0.5) is 5.69 Å². The predicted molar refractivity (Wildman–Crippen MR) is 64.4 cm³/mol. The van der Waals surface area contributed by atoms with Crippen LogP contribution in [0.25, 0.3) is 0 Å². The van der Waals surface area contributed by atoms with Gasteiger partial charge in [0.25, 0.3) is 0 Å². The van der Waals surface area contributed by atoms with Gasteiger partial charge in [0, 0.05) is 12.2 Å². The van der Waals surface area contributed by atoms with E-state index < -0.39 is 0 Å². The van der Waals surface area contributed by atoms with Crippen LogP contribution >= 0.6 is 11.6 Å². The van der Waals surface area contributed by atoms with E-state index >= 15 is 0 Å². The molecule has 0 aromatic heterocycles. The molecule has 0 spiro atoms. The molecule has 0 bridgehead atoms. The second-order valence-corrected chi connectivity index (χ2v) is 3.64. The second-order valence-electron chi connectivity index (χ2n) is 3.37. The zero-order chi connectivity index (χ0) is 11.1. The third-order valence-corrected chi connectivity index (χ3v) is 2.45. The first-order chi connectivity index (χ1) is 7.29. The highest BCUT2D eigenvalue weighted by Crippen LogP contribution is 2.14. The van der Waals surface area contributed by atoms with Crippen molar-refractivity contribution in [1.82, 2.24) is 0 Å². The van der Waals surface area contributed by atoms with Crippen LogP contribution in [-0.2, 0) is 4.79 Å². The van der Waals surface area contributed by atoms with E-state index in [4.69, 9.17) is 11.6 Å². The standard InChI is InChI=1S/C12H16ClNO/c1-2-3-9-14(12(15)10-13)11-7-5-4-6-8-11/h4-8H,2-3,9-10H2,1H3. The summed E-state index contributed by atoms with van der Waals surface area (Å²) in [6, 6.07) is 9.65. The van der Waals surface area contributed by atoms with E-state index in [1.165, 1.54) is 0 Å². The van der Waals surface area contributed by atoms with Crippen molar-refractivity contribution in [3.8, 4) is 0 Å². The van der Waals surface area contributed by atoms with Crippen LogP contribution in [0, 0.1) is 0 Å². The lowest BCUT2D eigenvalue weighted by molar-refractivity contribution is -0.116. The molecule has 1 amide bonds. The largest absolute Gasteiger partial charge is 0.311 e. The molecule has 82 valence electrons. The Morgan fingerprint density at radius 3 is 2.53 bits per heavy atom. The third-order valence-electron chi connectivity index (χ3n) is 2.22. The van der Waals surface area contributed by atoms with Gasteiger partial charge in [-0.1, -0.05) is 31.5 Å². The van der Waals surface area contributed by atoms with E-state index in [-0.39, 0.29) is 11.8 Å². The van der Waals surface area contributed by atoms with Crippen molar-refractivity contribution in [2.24, 2.45) is 0 Å². The molecule has 1 aromatic rings. The highest BCUT2D eigenvalue weighted by molar-refractivity contribution is 6.29. The van der Waals surface area contributed by atoms with Gasteiger partial charge in [-0.05, 0) is 18.6 Å². The molecular formula is C12H16ClNO. The number of halogens is 1. The fraction of sp³-hybridized carbons (Fsp3) is 0.417. The van der Waals surface area contributed by atoms with Gasteiger partial charge in [0.2, 0.25) is 5.91 Å². The summed E-state index contributed by atoms with van der Waals surface area (Å²) < 4.78 is 0. The number of carbonyl (C=O) groups is 1. The number of amides is 1. The number of anilines is 1. The minimum absolute atomic E-state index is 0.0312. The average molecular weight is 226 g/mol. The molecule has 0 atom stereocenters. The predicted octanol–water partition coefficient (Wildman–Crippen LogP) is 3.06. The lowest BCUT2D eigenvalue weighted by Crippen LogP contribution is -2.32. The molecule has 0 fully saturated rings. The van der Waals surface area contributed by atoms with E-state index in [9.17, 15) is 4.79 Å². The molecule has 0 aliphatic rings. The van der Waals surface area contributed by atoms with E-state index in [0.717, 1.165) is 25.1 Å². The Bertz CT molecular complexity index is 300. The van der Waals surface area contributed by atoms with Gasteiger partial charge in [-0.3, -0.25) is 4.79 Å². The van der Waals surface area contributed by atoms with Gasteiger partial charge in [-0.2, -0.15) is 0 Å². The number of carbonyl (C=O) groups excluding carboxylic acids is 1. The van der Waals surface area contributed by atoms with E-state index in [1.807, 2.05) is 30.3 Å². The molecule has 2 nitrogen and oxygen atoms in total. The van der Waals surface area contributed by atoms with Crippen LogP contribution in [0.1, 0.15) is 19.8 Å². The summed E-state index contributed by atoms with van der Waals surface area (Å²) in [7, 11) is 0. The van der Waals surface area contributed by atoms with Gasteiger partial charge in [-0.15, -0.1) is 11.6 Å². The summed E-state index contributed by atoms with van der Waals surface area (Å²) in [6.45, 7) is 2.85. The van der Waals surface area contributed by atoms with Gasteiger partial charge in [0.15, 0.2) is 0 Å². The molecule has 0 aliphatic heterocycles. The normalized spacial score (nSPS) is 10.0. The third kappa shape index (κ3) is 3.56. The van der Waals surface area contributed by atoms with Crippen molar-refractivity contribution < 1.29 is 4.79 Å². The van der Waals surface area contributed by atoms with Crippen LogP contribution in [0.2, 0.25) is 0 Å². The van der Waals surface area contributed by atoms with Crippen molar-refractivity contribution in [2.45, 2.75) is 19.8 Å². The van der Waals surface area contributed by atoms with Crippen LogP contribution in [0.15, 0.2) is 30.3 Å². The van der Waals surface area contributed by atoms with Gasteiger partial charge >= 0.3 is 0 Å². The maximum absolute atomic E-state index is 11.6. The van der Waals surface area contributed by atoms with E-state index in [0.29, 0.717) is 0 Å². The molecule has 1 aromatic carbocycles. The fourth-order valence-corrected chi connectivity index (χ4v) is 1.54. The smallest absolute Gasteiger partial charge is 0.241 e. The van der Waals surface area contributed by atoms with Crippen LogP contribution in [-0.4, -0.2) is 18.3 Å². The number of benzene rings is 1. The number of hydrogen-bond donors (Lipinski definition) is 0. The van der Waals surface area contributed by atoms with E-state index in [2.05, 4.69) is 6.92 Å². The first kappa shape index (κ1) is 12.1. The average Bonchev–Trinajstić information content (AvgIpc) is 2.30. The van der Waals surface area contributed by atoms with Crippen molar-refractivity contribution in [3.05, 3.63) is 30.3 Å². The Labute approximate surface area is 95.8 Å². The first-order valence-corrected chi connectivity index (χ1v) is 5.74. The Morgan fingerprint density at radius 1 is 1.33 bits per heavy atom. The van der Waals surface area contributed by atoms with Crippen molar-refractivity contribution in [2.75, 3.05) is 17.3 Å². The molecule has 0 N–H and O–H groups in total. The quantitative estimate of drug-likeness (QED) is 0.706. The summed E-state index contributed by atoms with van der Waals surface area (Å²) in [4.78, 5) is 13.4. The first-order valence-electron chi connectivity index (χ1n) is 5.21. The highest BCUT2D eigenvalue weighted by atomic mass is 35.5. The number of rotatable bonds is 5. The molecule has 0 unspecified atom stereocenters. The second kappa shape index (κ2) is 6.46. The zero-order valence-electron chi connectivity index (χ0n) is 8.95. The number of alkyl halides is 1. The molecule has 0 saturated carbocycles. The summed E-state index contributed by atoms with van der Waals surface area (Å²) in [5.74, 6) is 0.00910. The zero-order valence-corrected chi connectivity index (χ0v) is 9.70. The lowest BCUT2D eigenvalue weighted by atomic mass is 10.2. The van der Waals surface area contributed by atoms with Crippen molar-refractivity contribution in [3.63, 3.8) is 0 Å². The molecule has 0 aliphatic carbocycles. The molecule has 3 heteroatoms. The van der Waals surface area contributed by atoms with Gasteiger partial charge in [0.1, 0.15) is 5.88 Å². The molecule has 15 heavy (non-hydrogen) atoms. The Hall–Kier alpha value is -1.02. The van der Waals surface area contributed by atoms with Gasteiger partial charge < -0.3 is 4.90 Å². The summed E-state index contributed by atoms with van der Waals surface area (Å²) in [6.07, 6.45) is 2.07. The lowest BCUT2D eigenvalue weighted by Gasteiger charge is -2.21. The van der Waals surface area contributed by atoms with Crippen LogP contribution < -0.4 is 4.90 Å². The molecule has 0 radical (unpaired) electrons. The topological polar surface area (TPSA) is 20.3 Å². The number of para-hydroxylation sites is 1. The monoisotopic (exact) mass is 225 g/mol. The SMILES string of the molecule is CCCCN(C(=O)CCl)c1ccccc1.